The lowest BCUT2D eigenvalue weighted by molar-refractivity contribution is -0.111. The van der Waals surface area contributed by atoms with Crippen molar-refractivity contribution in [3.05, 3.63) is 23.8 Å². The second-order valence-electron chi connectivity index (χ2n) is 9.56. The highest BCUT2D eigenvalue weighted by atomic mass is 16.1. The van der Waals surface area contributed by atoms with Crippen LogP contribution in [0.15, 0.2) is 23.8 Å². The van der Waals surface area contributed by atoms with Crippen LogP contribution in [0.3, 0.4) is 0 Å². The van der Waals surface area contributed by atoms with E-state index in [1.54, 1.807) is 0 Å². The molecule has 0 unspecified atom stereocenters. The van der Waals surface area contributed by atoms with Crippen LogP contribution in [0.2, 0.25) is 0 Å². The number of fused-ring (bicyclic) bond motifs is 5. The van der Waals surface area contributed by atoms with Crippen molar-refractivity contribution in [2.45, 2.75) is 78.6 Å². The lowest BCUT2D eigenvalue weighted by Crippen LogP contribution is -2.49. The Morgan fingerprint density at radius 2 is 1.96 bits per heavy atom. The number of unbranched alkanes of at least 4 members (excludes halogenated alkanes) is 1. The lowest BCUT2D eigenvalue weighted by Gasteiger charge is -2.57. The Balaban J connectivity index is 1.60. The molecular weight excluding hydrogens is 292 g/mol. The van der Waals surface area contributed by atoms with Gasteiger partial charge in [0, 0.05) is 5.41 Å². The van der Waals surface area contributed by atoms with Crippen LogP contribution in [0, 0.1) is 34.5 Å². The highest BCUT2D eigenvalue weighted by Crippen LogP contribution is 2.66. The number of carbonyl (C=O) groups excluding carboxylic acids is 1. The number of hydrogen-bond acceptors (Lipinski definition) is 1. The first kappa shape index (κ1) is 16.6. The van der Waals surface area contributed by atoms with E-state index in [2.05, 4.69) is 26.8 Å². The fourth-order valence-corrected chi connectivity index (χ4v) is 7.23. The lowest BCUT2D eigenvalue weighted by atomic mass is 9.47. The van der Waals surface area contributed by atoms with Gasteiger partial charge in [0.05, 0.1) is 0 Å². The van der Waals surface area contributed by atoms with Crippen molar-refractivity contribution in [1.29, 1.82) is 0 Å². The molecule has 0 amide bonds. The van der Waals surface area contributed by atoms with Crippen LogP contribution in [0.1, 0.15) is 78.6 Å². The predicted octanol–water partition coefficient (Wildman–Crippen LogP) is 6.10. The Bertz CT molecular complexity index is 585. The molecular formula is C23H34O. The first-order valence-electron chi connectivity index (χ1n) is 10.4. The minimum absolute atomic E-state index is 0.166. The molecule has 3 fully saturated rings. The molecule has 0 bridgehead atoms. The zero-order valence-corrected chi connectivity index (χ0v) is 15.8. The van der Waals surface area contributed by atoms with Gasteiger partial charge < -0.3 is 0 Å². The molecule has 0 aromatic heterocycles. The van der Waals surface area contributed by atoms with Gasteiger partial charge in [0.15, 0.2) is 5.78 Å². The Hall–Kier alpha value is -0.850. The van der Waals surface area contributed by atoms with Crippen molar-refractivity contribution in [2.75, 3.05) is 0 Å². The first-order chi connectivity index (χ1) is 11.5. The van der Waals surface area contributed by atoms with Crippen molar-refractivity contribution < 1.29 is 4.79 Å². The summed E-state index contributed by atoms with van der Waals surface area (Å²) in [6, 6.07) is 0. The molecule has 0 aliphatic heterocycles. The smallest absolute Gasteiger partial charge is 0.178 e. The number of hydrogen-bond donors (Lipinski definition) is 0. The van der Waals surface area contributed by atoms with E-state index < -0.39 is 0 Å². The van der Waals surface area contributed by atoms with Crippen molar-refractivity contribution >= 4 is 5.78 Å². The van der Waals surface area contributed by atoms with Gasteiger partial charge in [0.2, 0.25) is 0 Å². The van der Waals surface area contributed by atoms with Gasteiger partial charge in [-0.2, -0.15) is 0 Å². The van der Waals surface area contributed by atoms with Crippen molar-refractivity contribution in [2.24, 2.45) is 34.5 Å². The molecule has 4 aliphatic rings. The molecule has 0 aromatic rings. The van der Waals surface area contributed by atoms with Gasteiger partial charge >= 0.3 is 0 Å². The molecule has 0 aromatic carbocycles. The van der Waals surface area contributed by atoms with E-state index in [-0.39, 0.29) is 11.2 Å². The Labute approximate surface area is 148 Å². The number of rotatable bonds is 3. The van der Waals surface area contributed by atoms with Crippen LogP contribution in [-0.2, 0) is 4.79 Å². The van der Waals surface area contributed by atoms with Crippen LogP contribution < -0.4 is 0 Å². The van der Waals surface area contributed by atoms with Crippen LogP contribution >= 0.6 is 0 Å². The van der Waals surface area contributed by atoms with Crippen molar-refractivity contribution in [3.63, 3.8) is 0 Å². The highest BCUT2D eigenvalue weighted by Gasteiger charge is 2.57. The van der Waals surface area contributed by atoms with Crippen LogP contribution in [0.25, 0.3) is 0 Å². The van der Waals surface area contributed by atoms with Gasteiger partial charge in [-0.05, 0) is 86.2 Å². The zero-order chi connectivity index (χ0) is 16.9. The second-order valence-corrected chi connectivity index (χ2v) is 9.56. The summed E-state index contributed by atoms with van der Waals surface area (Å²) >= 11 is 0. The minimum Gasteiger partial charge on any atom is -0.290 e. The molecule has 0 heterocycles. The van der Waals surface area contributed by atoms with Gasteiger partial charge in [-0.25, -0.2) is 0 Å². The number of carbonyl (C=O) groups is 1. The van der Waals surface area contributed by atoms with Crippen LogP contribution in [0.4, 0.5) is 0 Å². The maximum Gasteiger partial charge on any atom is 0.178 e. The maximum atomic E-state index is 11.8. The summed E-state index contributed by atoms with van der Waals surface area (Å²) in [7, 11) is 0. The van der Waals surface area contributed by atoms with Gasteiger partial charge in [0.1, 0.15) is 0 Å². The minimum atomic E-state index is 0.166. The van der Waals surface area contributed by atoms with Gasteiger partial charge in [-0.15, -0.1) is 0 Å². The van der Waals surface area contributed by atoms with Gasteiger partial charge in [-0.3, -0.25) is 4.79 Å². The largest absolute Gasteiger partial charge is 0.290 e. The normalized spacial score (nSPS) is 47.0. The summed E-state index contributed by atoms with van der Waals surface area (Å²) in [5, 5.41) is 0. The summed E-state index contributed by atoms with van der Waals surface area (Å²) in [6.45, 7) is 7.39. The molecule has 6 atom stereocenters. The van der Waals surface area contributed by atoms with Gasteiger partial charge in [-0.1, -0.05) is 45.3 Å². The van der Waals surface area contributed by atoms with E-state index in [1.807, 2.05) is 12.2 Å². The van der Waals surface area contributed by atoms with E-state index in [9.17, 15) is 4.79 Å². The quantitative estimate of drug-likeness (QED) is 0.612. The molecule has 132 valence electrons. The van der Waals surface area contributed by atoms with E-state index in [0.29, 0.717) is 5.41 Å². The molecule has 0 radical (unpaired) electrons. The predicted molar refractivity (Wildman–Crippen MR) is 99.6 cm³/mol. The summed E-state index contributed by atoms with van der Waals surface area (Å²) in [6.07, 6.45) is 18.5. The van der Waals surface area contributed by atoms with E-state index in [4.69, 9.17) is 0 Å². The Kier molecular flexibility index (Phi) is 4.05. The fraction of sp³-hybridized carbons (Fsp3) is 0.783. The SMILES string of the molecule is CCCC[C@H]1CC[C@H]2[C@@H]3CCC4=CC(=O)C=C[C@]4(C)[C@H]3CC[C@]12C. The molecule has 0 N–H and O–H groups in total. The Morgan fingerprint density at radius 3 is 2.75 bits per heavy atom. The van der Waals surface area contributed by atoms with Crippen molar-refractivity contribution in [1.82, 2.24) is 0 Å². The third-order valence-corrected chi connectivity index (χ3v) is 8.66. The van der Waals surface area contributed by atoms with Crippen LogP contribution in [-0.4, -0.2) is 5.78 Å². The monoisotopic (exact) mass is 326 g/mol. The summed E-state index contributed by atoms with van der Waals surface area (Å²) < 4.78 is 0. The second kappa shape index (κ2) is 5.85. The third-order valence-electron chi connectivity index (χ3n) is 8.66. The van der Waals surface area contributed by atoms with E-state index >= 15 is 0 Å². The zero-order valence-electron chi connectivity index (χ0n) is 15.8. The number of allylic oxidation sites excluding steroid dienone is 4. The maximum absolute atomic E-state index is 11.8. The average molecular weight is 327 g/mol. The molecule has 4 aliphatic carbocycles. The number of ketones is 1. The van der Waals surface area contributed by atoms with Crippen LogP contribution in [0.5, 0.6) is 0 Å². The van der Waals surface area contributed by atoms with Gasteiger partial charge in [0.25, 0.3) is 0 Å². The summed E-state index contributed by atoms with van der Waals surface area (Å²) in [4.78, 5) is 11.8. The molecule has 24 heavy (non-hydrogen) atoms. The molecule has 3 saturated carbocycles. The molecule has 1 nitrogen and oxygen atoms in total. The summed E-state index contributed by atoms with van der Waals surface area (Å²) in [5.41, 5.74) is 2.20. The van der Waals surface area contributed by atoms with E-state index in [0.717, 1.165) is 30.1 Å². The third kappa shape index (κ3) is 2.30. The Morgan fingerprint density at radius 1 is 1.12 bits per heavy atom. The van der Waals surface area contributed by atoms with E-state index in [1.165, 1.54) is 56.9 Å². The summed E-state index contributed by atoms with van der Waals surface area (Å²) in [5.74, 6) is 3.77. The topological polar surface area (TPSA) is 17.1 Å². The molecule has 1 heteroatoms. The highest BCUT2D eigenvalue weighted by molar-refractivity contribution is 6.01. The standard InChI is InChI=1S/C23H34O/c1-4-5-6-16-8-10-20-19-9-7-17-15-18(24)11-13-23(17,3)21(19)12-14-22(16,20)2/h11,13,15-16,19-21H,4-10,12,14H2,1-3H3/t16-,19-,20-,21-,22+,23-/m0/s1. The average Bonchev–Trinajstić information content (AvgIpc) is 2.90. The first-order valence-corrected chi connectivity index (χ1v) is 10.4. The van der Waals surface area contributed by atoms with Crippen molar-refractivity contribution in [3.8, 4) is 0 Å². The molecule has 0 saturated heterocycles. The molecule has 0 spiro atoms. The molecule has 4 rings (SSSR count). The fourth-order valence-electron chi connectivity index (χ4n) is 7.23.